The molecular weight excluding hydrogens is 190 g/mol. The fraction of sp³-hybridized carbons (Fsp3) is 0.222. The van der Waals surface area contributed by atoms with E-state index in [1.807, 2.05) is 12.1 Å². The summed E-state index contributed by atoms with van der Waals surface area (Å²) in [6.45, 7) is 1.75. The average Bonchev–Trinajstić information content (AvgIpc) is 2.04. The lowest BCUT2D eigenvalue weighted by Crippen LogP contribution is -2.06. The Labute approximate surface area is 83.3 Å². The average molecular weight is 202 g/mol. The van der Waals surface area contributed by atoms with Gasteiger partial charge in [-0.15, -0.1) is 12.4 Å². The molecule has 3 nitrogen and oxygen atoms in total. The Balaban J connectivity index is 0.00000144. The van der Waals surface area contributed by atoms with E-state index < -0.39 is 0 Å². The van der Waals surface area contributed by atoms with Gasteiger partial charge in [0.05, 0.1) is 0 Å². The first-order chi connectivity index (χ1) is 5.74. The van der Waals surface area contributed by atoms with Gasteiger partial charge in [0.2, 0.25) is 0 Å². The molecular formula is C9H12ClNO2. The molecule has 0 aliphatic heterocycles. The molecule has 0 bridgehead atoms. The minimum Gasteiger partial charge on any atom is -0.426 e. The van der Waals surface area contributed by atoms with E-state index >= 15 is 0 Å². The molecule has 72 valence electrons. The van der Waals surface area contributed by atoms with Crippen molar-refractivity contribution in [2.45, 2.75) is 13.5 Å². The molecule has 0 radical (unpaired) electrons. The van der Waals surface area contributed by atoms with Crippen molar-refractivity contribution in [3.05, 3.63) is 29.8 Å². The number of halogens is 1. The van der Waals surface area contributed by atoms with E-state index in [9.17, 15) is 4.79 Å². The third kappa shape index (κ3) is 3.44. The molecule has 0 saturated heterocycles. The molecule has 1 aromatic rings. The van der Waals surface area contributed by atoms with Crippen LogP contribution in [-0.4, -0.2) is 5.97 Å². The number of nitrogens with two attached hydrogens (primary N) is 1. The molecule has 0 aliphatic rings. The number of carbonyl (C=O) groups is 1. The van der Waals surface area contributed by atoms with Crippen LogP contribution in [0.2, 0.25) is 0 Å². The lowest BCUT2D eigenvalue weighted by Gasteiger charge is -2.05. The van der Waals surface area contributed by atoms with Gasteiger partial charge in [-0.25, -0.2) is 0 Å². The smallest absolute Gasteiger partial charge is 0.308 e. The first-order valence-corrected chi connectivity index (χ1v) is 3.70. The summed E-state index contributed by atoms with van der Waals surface area (Å²) in [6, 6.07) is 7.22. The number of hydrogen-bond donors (Lipinski definition) is 1. The maximum Gasteiger partial charge on any atom is 0.308 e. The Hall–Kier alpha value is -1.06. The molecule has 0 amide bonds. The summed E-state index contributed by atoms with van der Waals surface area (Å²) >= 11 is 0. The number of esters is 1. The van der Waals surface area contributed by atoms with Crippen molar-refractivity contribution in [3.63, 3.8) is 0 Å². The van der Waals surface area contributed by atoms with Gasteiger partial charge in [-0.3, -0.25) is 4.79 Å². The van der Waals surface area contributed by atoms with E-state index in [1.165, 1.54) is 6.92 Å². The van der Waals surface area contributed by atoms with Crippen LogP contribution in [-0.2, 0) is 11.3 Å². The molecule has 13 heavy (non-hydrogen) atoms. The maximum absolute atomic E-state index is 10.6. The third-order valence-electron chi connectivity index (χ3n) is 1.45. The minimum absolute atomic E-state index is 0. The second-order valence-electron chi connectivity index (χ2n) is 2.41. The Morgan fingerprint density at radius 3 is 2.62 bits per heavy atom. The highest BCUT2D eigenvalue weighted by atomic mass is 35.5. The molecule has 0 spiro atoms. The van der Waals surface area contributed by atoms with Crippen LogP contribution in [0.5, 0.6) is 5.75 Å². The van der Waals surface area contributed by atoms with E-state index in [0.717, 1.165) is 5.56 Å². The molecule has 0 heterocycles. The number of para-hydroxylation sites is 1. The van der Waals surface area contributed by atoms with E-state index in [-0.39, 0.29) is 18.4 Å². The van der Waals surface area contributed by atoms with Crippen molar-refractivity contribution in [2.24, 2.45) is 5.73 Å². The normalized spacial score (nSPS) is 8.77. The summed E-state index contributed by atoms with van der Waals surface area (Å²) in [5.74, 6) is 0.225. The first-order valence-electron chi connectivity index (χ1n) is 3.70. The fourth-order valence-electron chi connectivity index (χ4n) is 0.927. The molecule has 1 aromatic carbocycles. The summed E-state index contributed by atoms with van der Waals surface area (Å²) in [5.41, 5.74) is 6.28. The zero-order valence-electron chi connectivity index (χ0n) is 7.32. The number of carbonyl (C=O) groups excluding carboxylic acids is 1. The molecule has 0 fully saturated rings. The van der Waals surface area contributed by atoms with Gasteiger partial charge in [0.1, 0.15) is 5.75 Å². The van der Waals surface area contributed by atoms with E-state index in [4.69, 9.17) is 10.5 Å². The molecule has 0 aromatic heterocycles. The van der Waals surface area contributed by atoms with Crippen LogP contribution in [0.3, 0.4) is 0 Å². The topological polar surface area (TPSA) is 52.3 Å². The van der Waals surface area contributed by atoms with Crippen molar-refractivity contribution in [2.75, 3.05) is 0 Å². The van der Waals surface area contributed by atoms with Crippen molar-refractivity contribution < 1.29 is 9.53 Å². The van der Waals surface area contributed by atoms with Gasteiger partial charge in [0.25, 0.3) is 0 Å². The minimum atomic E-state index is -0.323. The summed E-state index contributed by atoms with van der Waals surface area (Å²) in [7, 11) is 0. The fourth-order valence-corrected chi connectivity index (χ4v) is 0.927. The van der Waals surface area contributed by atoms with Gasteiger partial charge in [-0.05, 0) is 6.07 Å². The molecule has 2 N–H and O–H groups in total. The maximum atomic E-state index is 10.6. The van der Waals surface area contributed by atoms with Gasteiger partial charge in [-0.1, -0.05) is 18.2 Å². The zero-order chi connectivity index (χ0) is 8.97. The summed E-state index contributed by atoms with van der Waals surface area (Å²) < 4.78 is 4.92. The molecule has 0 atom stereocenters. The molecule has 0 aliphatic carbocycles. The van der Waals surface area contributed by atoms with E-state index in [2.05, 4.69) is 0 Å². The molecule has 0 unspecified atom stereocenters. The molecule has 4 heteroatoms. The third-order valence-corrected chi connectivity index (χ3v) is 1.45. The quantitative estimate of drug-likeness (QED) is 0.583. The van der Waals surface area contributed by atoms with Gasteiger partial charge < -0.3 is 10.5 Å². The standard InChI is InChI=1S/C9H11NO2.ClH/c1-7(11)12-9-5-3-2-4-8(9)6-10;/h2-5H,6,10H2,1H3;1H. The summed E-state index contributed by atoms with van der Waals surface area (Å²) in [6.07, 6.45) is 0. The van der Waals surface area contributed by atoms with Crippen LogP contribution in [0, 0.1) is 0 Å². The lowest BCUT2D eigenvalue weighted by atomic mass is 10.2. The Kier molecular flexibility index (Phi) is 5.11. The van der Waals surface area contributed by atoms with E-state index in [1.54, 1.807) is 12.1 Å². The Bertz CT molecular complexity index is 289. The first kappa shape index (κ1) is 11.9. The predicted molar refractivity (Wildman–Crippen MR) is 52.9 cm³/mol. The predicted octanol–water partition coefficient (Wildman–Crippen LogP) is 1.49. The van der Waals surface area contributed by atoms with Crippen LogP contribution in [0.4, 0.5) is 0 Å². The van der Waals surface area contributed by atoms with Crippen LogP contribution in [0.25, 0.3) is 0 Å². The van der Waals surface area contributed by atoms with Crippen LogP contribution in [0.1, 0.15) is 12.5 Å². The van der Waals surface area contributed by atoms with Crippen LogP contribution >= 0.6 is 12.4 Å². The zero-order valence-corrected chi connectivity index (χ0v) is 8.14. The SMILES string of the molecule is CC(=O)Oc1ccccc1CN.Cl. The Morgan fingerprint density at radius 2 is 2.08 bits per heavy atom. The monoisotopic (exact) mass is 201 g/mol. The lowest BCUT2D eigenvalue weighted by molar-refractivity contribution is -0.131. The van der Waals surface area contributed by atoms with Gasteiger partial charge in [-0.2, -0.15) is 0 Å². The van der Waals surface area contributed by atoms with Crippen molar-refractivity contribution in [1.29, 1.82) is 0 Å². The highest BCUT2D eigenvalue weighted by Gasteiger charge is 2.02. The molecule has 0 saturated carbocycles. The Morgan fingerprint density at radius 1 is 1.46 bits per heavy atom. The van der Waals surface area contributed by atoms with Crippen molar-refractivity contribution in [3.8, 4) is 5.75 Å². The van der Waals surface area contributed by atoms with Crippen molar-refractivity contribution in [1.82, 2.24) is 0 Å². The van der Waals surface area contributed by atoms with Gasteiger partial charge in [0, 0.05) is 19.0 Å². The number of hydrogen-bond acceptors (Lipinski definition) is 3. The highest BCUT2D eigenvalue weighted by Crippen LogP contribution is 2.16. The number of rotatable bonds is 2. The van der Waals surface area contributed by atoms with Gasteiger partial charge in [0.15, 0.2) is 0 Å². The largest absolute Gasteiger partial charge is 0.426 e. The number of ether oxygens (including phenoxy) is 1. The second-order valence-corrected chi connectivity index (χ2v) is 2.41. The van der Waals surface area contributed by atoms with Crippen molar-refractivity contribution >= 4 is 18.4 Å². The van der Waals surface area contributed by atoms with Gasteiger partial charge >= 0.3 is 5.97 Å². The summed E-state index contributed by atoms with van der Waals surface area (Å²) in [5, 5.41) is 0. The van der Waals surface area contributed by atoms with Crippen LogP contribution in [0.15, 0.2) is 24.3 Å². The second kappa shape index (κ2) is 5.56. The number of benzene rings is 1. The molecule has 1 rings (SSSR count). The highest BCUT2D eigenvalue weighted by molar-refractivity contribution is 5.85. The van der Waals surface area contributed by atoms with Crippen LogP contribution < -0.4 is 10.5 Å². The summed E-state index contributed by atoms with van der Waals surface area (Å²) in [4.78, 5) is 10.6. The van der Waals surface area contributed by atoms with E-state index in [0.29, 0.717) is 12.3 Å².